The Balaban J connectivity index is 1.98. The van der Waals surface area contributed by atoms with Crippen LogP contribution in [-0.2, 0) is 10.8 Å². The number of nitrogens with two attached hydrogens (primary N) is 1. The molecule has 1 aliphatic rings. The molecule has 4 heteroatoms. The molecule has 0 aromatic carbocycles. The van der Waals surface area contributed by atoms with E-state index in [0.29, 0.717) is 17.3 Å². The van der Waals surface area contributed by atoms with Crippen LogP contribution in [0.25, 0.3) is 0 Å². The highest BCUT2D eigenvalue weighted by Crippen LogP contribution is 2.17. The Labute approximate surface area is 82.9 Å². The van der Waals surface area contributed by atoms with Gasteiger partial charge in [0.1, 0.15) is 0 Å². The maximum absolute atomic E-state index is 11.0. The molecule has 0 saturated heterocycles. The summed E-state index contributed by atoms with van der Waals surface area (Å²) in [5.74, 6) is 0. The van der Waals surface area contributed by atoms with Gasteiger partial charge in [0.2, 0.25) is 0 Å². The van der Waals surface area contributed by atoms with Gasteiger partial charge in [-0.15, -0.1) is 0 Å². The van der Waals surface area contributed by atoms with Crippen molar-refractivity contribution in [2.45, 2.75) is 43.5 Å². The SMILES string of the molecule is CC(CCNC1CC(N)C1)S(C)=O. The molecular weight excluding hydrogens is 184 g/mol. The van der Waals surface area contributed by atoms with E-state index in [2.05, 4.69) is 5.32 Å². The molecule has 0 spiro atoms. The molecule has 0 radical (unpaired) electrons. The lowest BCUT2D eigenvalue weighted by Gasteiger charge is -2.33. The molecule has 2 atom stereocenters. The Bertz CT molecular complexity index is 180. The van der Waals surface area contributed by atoms with Gasteiger partial charge in [0.25, 0.3) is 0 Å². The minimum Gasteiger partial charge on any atom is -0.328 e. The first-order valence-corrected chi connectivity index (χ1v) is 6.53. The van der Waals surface area contributed by atoms with Crippen LogP contribution in [0.1, 0.15) is 26.2 Å². The van der Waals surface area contributed by atoms with E-state index in [1.54, 1.807) is 6.26 Å². The molecule has 1 aliphatic carbocycles. The van der Waals surface area contributed by atoms with Gasteiger partial charge < -0.3 is 11.1 Å². The van der Waals surface area contributed by atoms with Gasteiger partial charge >= 0.3 is 0 Å². The smallest absolute Gasteiger partial charge is 0.0329 e. The van der Waals surface area contributed by atoms with Crippen LogP contribution in [0, 0.1) is 0 Å². The lowest BCUT2D eigenvalue weighted by Crippen LogP contribution is -2.48. The zero-order valence-corrected chi connectivity index (χ0v) is 9.27. The molecule has 1 fully saturated rings. The fourth-order valence-electron chi connectivity index (χ4n) is 1.49. The Morgan fingerprint density at radius 2 is 2.23 bits per heavy atom. The second kappa shape index (κ2) is 5.08. The van der Waals surface area contributed by atoms with Gasteiger partial charge in [-0.1, -0.05) is 6.92 Å². The first-order chi connectivity index (χ1) is 6.09. The van der Waals surface area contributed by atoms with Crippen LogP contribution in [0.15, 0.2) is 0 Å². The predicted octanol–water partition coefficient (Wildman–Crippen LogP) is 0.223. The van der Waals surface area contributed by atoms with E-state index in [-0.39, 0.29) is 0 Å². The molecule has 0 aromatic heterocycles. The van der Waals surface area contributed by atoms with Crippen molar-refractivity contribution in [2.75, 3.05) is 12.8 Å². The van der Waals surface area contributed by atoms with E-state index in [9.17, 15) is 4.21 Å². The van der Waals surface area contributed by atoms with Crippen molar-refractivity contribution in [1.82, 2.24) is 5.32 Å². The summed E-state index contributed by atoms with van der Waals surface area (Å²) in [6.45, 7) is 3.00. The largest absolute Gasteiger partial charge is 0.328 e. The van der Waals surface area contributed by atoms with Crippen molar-refractivity contribution in [3.05, 3.63) is 0 Å². The number of hydrogen-bond donors (Lipinski definition) is 2. The van der Waals surface area contributed by atoms with Crippen LogP contribution in [0.4, 0.5) is 0 Å². The molecule has 0 heterocycles. The fourth-order valence-corrected chi connectivity index (χ4v) is 1.93. The molecule has 78 valence electrons. The average molecular weight is 204 g/mol. The fraction of sp³-hybridized carbons (Fsp3) is 1.00. The molecule has 0 aromatic rings. The Kier molecular flexibility index (Phi) is 4.35. The first-order valence-electron chi connectivity index (χ1n) is 4.90. The average Bonchev–Trinajstić information content (AvgIpc) is 2.00. The van der Waals surface area contributed by atoms with Crippen LogP contribution in [0.3, 0.4) is 0 Å². The summed E-state index contributed by atoms with van der Waals surface area (Å²) in [7, 11) is -0.681. The summed E-state index contributed by atoms with van der Waals surface area (Å²) in [4.78, 5) is 0. The third-order valence-electron chi connectivity index (χ3n) is 2.73. The van der Waals surface area contributed by atoms with Crippen LogP contribution < -0.4 is 11.1 Å². The Morgan fingerprint density at radius 3 is 2.69 bits per heavy atom. The summed E-state index contributed by atoms with van der Waals surface area (Å²) in [5.41, 5.74) is 5.66. The normalized spacial score (nSPS) is 32.2. The van der Waals surface area contributed by atoms with E-state index in [0.717, 1.165) is 25.8 Å². The van der Waals surface area contributed by atoms with Crippen molar-refractivity contribution >= 4 is 10.8 Å². The highest BCUT2D eigenvalue weighted by Gasteiger charge is 2.24. The maximum atomic E-state index is 11.0. The second-order valence-corrected chi connectivity index (χ2v) is 5.78. The number of hydrogen-bond acceptors (Lipinski definition) is 3. The molecular formula is C9H20N2OS. The van der Waals surface area contributed by atoms with Gasteiger partial charge in [-0.25, -0.2) is 0 Å². The number of rotatable bonds is 5. The summed E-state index contributed by atoms with van der Waals surface area (Å²) in [6, 6.07) is 1.03. The van der Waals surface area contributed by atoms with Crippen LogP contribution in [0.5, 0.6) is 0 Å². The Morgan fingerprint density at radius 1 is 1.62 bits per heavy atom. The van der Waals surface area contributed by atoms with E-state index in [1.165, 1.54) is 0 Å². The van der Waals surface area contributed by atoms with E-state index < -0.39 is 10.8 Å². The molecule has 1 saturated carbocycles. The van der Waals surface area contributed by atoms with Crippen molar-refractivity contribution in [2.24, 2.45) is 5.73 Å². The van der Waals surface area contributed by atoms with E-state index in [4.69, 9.17) is 5.73 Å². The molecule has 0 aliphatic heterocycles. The molecule has 1 rings (SSSR count). The minimum absolute atomic E-state index is 0.307. The monoisotopic (exact) mass is 204 g/mol. The van der Waals surface area contributed by atoms with Crippen LogP contribution >= 0.6 is 0 Å². The van der Waals surface area contributed by atoms with Gasteiger partial charge in [-0.3, -0.25) is 4.21 Å². The first kappa shape index (κ1) is 11.1. The highest BCUT2D eigenvalue weighted by atomic mass is 32.2. The summed E-state index contributed by atoms with van der Waals surface area (Å²) >= 11 is 0. The van der Waals surface area contributed by atoms with Crippen molar-refractivity contribution in [3.8, 4) is 0 Å². The molecule has 3 N–H and O–H groups in total. The molecule has 0 amide bonds. The lowest BCUT2D eigenvalue weighted by molar-refractivity contribution is 0.292. The summed E-state index contributed by atoms with van der Waals surface area (Å²) in [5, 5.41) is 3.73. The third-order valence-corrected chi connectivity index (χ3v) is 4.09. The quantitative estimate of drug-likeness (QED) is 0.674. The molecule has 13 heavy (non-hydrogen) atoms. The van der Waals surface area contributed by atoms with Crippen molar-refractivity contribution in [1.29, 1.82) is 0 Å². The van der Waals surface area contributed by atoms with Gasteiger partial charge in [-0.2, -0.15) is 0 Å². The minimum atomic E-state index is -0.681. The number of nitrogens with one attached hydrogen (secondary N) is 1. The summed E-state index contributed by atoms with van der Waals surface area (Å²) in [6.07, 6.45) is 4.96. The third kappa shape index (κ3) is 3.75. The van der Waals surface area contributed by atoms with E-state index >= 15 is 0 Å². The van der Waals surface area contributed by atoms with Crippen molar-refractivity contribution < 1.29 is 4.21 Å². The molecule has 3 nitrogen and oxygen atoms in total. The van der Waals surface area contributed by atoms with Crippen molar-refractivity contribution in [3.63, 3.8) is 0 Å². The summed E-state index contributed by atoms with van der Waals surface area (Å²) < 4.78 is 11.0. The van der Waals surface area contributed by atoms with Crippen LogP contribution in [0.2, 0.25) is 0 Å². The van der Waals surface area contributed by atoms with Gasteiger partial charge in [0, 0.05) is 34.4 Å². The second-order valence-electron chi connectivity index (χ2n) is 3.98. The van der Waals surface area contributed by atoms with Gasteiger partial charge in [-0.05, 0) is 25.8 Å². The standard InChI is InChI=1S/C9H20N2OS/c1-7(13(2)12)3-4-11-9-5-8(10)6-9/h7-9,11H,3-6,10H2,1-2H3. The molecule has 0 bridgehead atoms. The lowest BCUT2D eigenvalue weighted by atomic mass is 9.87. The maximum Gasteiger partial charge on any atom is 0.0329 e. The highest BCUT2D eigenvalue weighted by molar-refractivity contribution is 7.84. The zero-order chi connectivity index (χ0) is 9.84. The van der Waals surface area contributed by atoms with Gasteiger partial charge in [0.05, 0.1) is 0 Å². The molecule has 2 unspecified atom stereocenters. The van der Waals surface area contributed by atoms with Crippen LogP contribution in [-0.4, -0.2) is 34.3 Å². The van der Waals surface area contributed by atoms with Gasteiger partial charge in [0.15, 0.2) is 0 Å². The zero-order valence-electron chi connectivity index (χ0n) is 8.45. The Hall–Kier alpha value is 0.0700. The topological polar surface area (TPSA) is 55.1 Å². The predicted molar refractivity (Wildman–Crippen MR) is 57.1 cm³/mol. The van der Waals surface area contributed by atoms with E-state index in [1.807, 2.05) is 6.92 Å².